The van der Waals surface area contributed by atoms with E-state index in [1.807, 2.05) is 0 Å². The number of rotatable bonds is 3. The Morgan fingerprint density at radius 1 is 1.33 bits per heavy atom. The second-order valence-corrected chi connectivity index (χ2v) is 5.15. The Hall–Kier alpha value is -1.81. The van der Waals surface area contributed by atoms with Crippen LogP contribution in [0.5, 0.6) is 0 Å². The van der Waals surface area contributed by atoms with Crippen LogP contribution < -0.4 is 5.32 Å². The number of hydrogen-bond acceptors (Lipinski definition) is 3. The third-order valence-electron chi connectivity index (χ3n) is 2.99. The van der Waals surface area contributed by atoms with Gasteiger partial charge in [-0.15, -0.1) is 11.3 Å². The number of thiophene rings is 1. The van der Waals surface area contributed by atoms with Gasteiger partial charge in [0, 0.05) is 18.4 Å². The van der Waals surface area contributed by atoms with Gasteiger partial charge >= 0.3 is 0 Å². The lowest BCUT2D eigenvalue weighted by Gasteiger charge is -2.04. The van der Waals surface area contributed by atoms with Crippen LogP contribution in [0.25, 0.3) is 16.2 Å². The predicted octanol–water partition coefficient (Wildman–Crippen LogP) is 3.80. The summed E-state index contributed by atoms with van der Waals surface area (Å²) in [7, 11) is 0. The maximum atomic E-state index is 4.70. The smallest absolute Gasteiger partial charge is 0.137 e. The van der Waals surface area contributed by atoms with Gasteiger partial charge < -0.3 is 9.72 Å². The van der Waals surface area contributed by atoms with E-state index in [9.17, 15) is 0 Å². The van der Waals surface area contributed by atoms with Crippen LogP contribution in [0.1, 0.15) is 12.6 Å². The molecule has 0 fully saturated rings. The number of nitrogens with one attached hydrogen (secondary N) is 1. The summed E-state index contributed by atoms with van der Waals surface area (Å²) < 4.78 is 2.15. The molecular weight excluding hydrogens is 242 g/mol. The van der Waals surface area contributed by atoms with Crippen LogP contribution >= 0.6 is 11.3 Å². The fourth-order valence-electron chi connectivity index (χ4n) is 2.12. The van der Waals surface area contributed by atoms with Gasteiger partial charge in [0.05, 0.1) is 10.6 Å². The van der Waals surface area contributed by atoms with Crippen molar-refractivity contribution in [1.82, 2.24) is 9.38 Å². The SMILES string of the molecule is CCNc1ccc2nc(-c3cccs3)c(C)n2c1. The van der Waals surface area contributed by atoms with Gasteiger partial charge in [0.15, 0.2) is 0 Å². The van der Waals surface area contributed by atoms with E-state index in [4.69, 9.17) is 4.98 Å². The zero-order valence-corrected chi connectivity index (χ0v) is 11.3. The highest BCUT2D eigenvalue weighted by Gasteiger charge is 2.11. The van der Waals surface area contributed by atoms with E-state index >= 15 is 0 Å². The normalized spacial score (nSPS) is 11.0. The van der Waals surface area contributed by atoms with Crippen LogP contribution in [0.2, 0.25) is 0 Å². The molecule has 3 heterocycles. The highest BCUT2D eigenvalue weighted by atomic mass is 32.1. The van der Waals surface area contributed by atoms with Gasteiger partial charge in [0.2, 0.25) is 0 Å². The van der Waals surface area contributed by atoms with Crippen LogP contribution in [0, 0.1) is 6.92 Å². The molecule has 0 saturated heterocycles. The second-order valence-electron chi connectivity index (χ2n) is 4.20. The molecule has 1 N–H and O–H groups in total. The Kier molecular flexibility index (Phi) is 2.80. The van der Waals surface area contributed by atoms with Crippen molar-refractivity contribution in [3.8, 4) is 10.6 Å². The molecule has 18 heavy (non-hydrogen) atoms. The average Bonchev–Trinajstić information content (AvgIpc) is 2.99. The molecule has 0 unspecified atom stereocenters. The molecule has 0 spiro atoms. The first kappa shape index (κ1) is 11.3. The molecule has 0 aliphatic rings. The molecule has 4 heteroatoms. The molecule has 92 valence electrons. The quantitative estimate of drug-likeness (QED) is 0.773. The molecule has 0 aromatic carbocycles. The summed E-state index contributed by atoms with van der Waals surface area (Å²) in [6.45, 7) is 5.14. The molecule has 3 aromatic rings. The molecule has 0 amide bonds. The van der Waals surface area contributed by atoms with Gasteiger partial charge in [-0.25, -0.2) is 4.98 Å². The minimum atomic E-state index is 0.928. The summed E-state index contributed by atoms with van der Waals surface area (Å²) >= 11 is 1.73. The van der Waals surface area contributed by atoms with E-state index < -0.39 is 0 Å². The molecule has 0 bridgehead atoms. The number of aromatic nitrogens is 2. The van der Waals surface area contributed by atoms with Crippen molar-refractivity contribution < 1.29 is 0 Å². The number of imidazole rings is 1. The largest absolute Gasteiger partial charge is 0.384 e. The van der Waals surface area contributed by atoms with Crippen molar-refractivity contribution in [1.29, 1.82) is 0 Å². The summed E-state index contributed by atoms with van der Waals surface area (Å²) in [5.41, 5.74) is 4.40. The molecule has 0 aliphatic heterocycles. The highest BCUT2D eigenvalue weighted by Crippen LogP contribution is 2.28. The summed E-state index contributed by atoms with van der Waals surface area (Å²) in [4.78, 5) is 5.92. The van der Waals surface area contributed by atoms with Gasteiger partial charge in [0.1, 0.15) is 11.3 Å². The summed E-state index contributed by atoms with van der Waals surface area (Å²) in [6, 6.07) is 8.31. The molecule has 0 radical (unpaired) electrons. The number of aryl methyl sites for hydroxylation is 1. The minimum Gasteiger partial charge on any atom is -0.384 e. The Morgan fingerprint density at radius 2 is 2.22 bits per heavy atom. The van der Waals surface area contributed by atoms with Crippen LogP contribution in [0.4, 0.5) is 5.69 Å². The van der Waals surface area contributed by atoms with Crippen molar-refractivity contribution in [3.63, 3.8) is 0 Å². The van der Waals surface area contributed by atoms with Gasteiger partial charge in [0.25, 0.3) is 0 Å². The van der Waals surface area contributed by atoms with Crippen LogP contribution in [-0.4, -0.2) is 15.9 Å². The van der Waals surface area contributed by atoms with E-state index in [0.717, 1.165) is 23.6 Å². The van der Waals surface area contributed by atoms with Gasteiger partial charge in [-0.2, -0.15) is 0 Å². The van der Waals surface area contributed by atoms with Crippen LogP contribution in [-0.2, 0) is 0 Å². The lowest BCUT2D eigenvalue weighted by molar-refractivity contribution is 1.10. The Balaban J connectivity index is 2.16. The van der Waals surface area contributed by atoms with Crippen molar-refractivity contribution in [2.24, 2.45) is 0 Å². The van der Waals surface area contributed by atoms with E-state index in [1.54, 1.807) is 11.3 Å². The molecule has 0 aliphatic carbocycles. The van der Waals surface area contributed by atoms with Gasteiger partial charge in [-0.3, -0.25) is 0 Å². The maximum Gasteiger partial charge on any atom is 0.137 e. The highest BCUT2D eigenvalue weighted by molar-refractivity contribution is 7.13. The molecular formula is C14H15N3S. The summed E-state index contributed by atoms with van der Waals surface area (Å²) in [5, 5.41) is 5.41. The number of nitrogens with zero attached hydrogens (tertiary/aromatic N) is 2. The fraction of sp³-hybridized carbons (Fsp3) is 0.214. The molecule has 3 nitrogen and oxygen atoms in total. The topological polar surface area (TPSA) is 29.3 Å². The van der Waals surface area contributed by atoms with Crippen LogP contribution in [0.3, 0.4) is 0 Å². The standard InChI is InChI=1S/C14H15N3S/c1-3-15-11-6-7-13-16-14(10(2)17(13)9-11)12-5-4-8-18-12/h4-9,15H,3H2,1-2H3. The molecule has 3 rings (SSSR count). The maximum absolute atomic E-state index is 4.70. The van der Waals surface area contributed by atoms with E-state index in [1.165, 1.54) is 10.6 Å². The van der Waals surface area contributed by atoms with Crippen molar-refractivity contribution in [3.05, 3.63) is 41.5 Å². The van der Waals surface area contributed by atoms with Gasteiger partial charge in [-0.1, -0.05) is 6.07 Å². The third-order valence-corrected chi connectivity index (χ3v) is 3.87. The third kappa shape index (κ3) is 1.78. The fourth-order valence-corrected chi connectivity index (χ4v) is 2.88. The summed E-state index contributed by atoms with van der Waals surface area (Å²) in [6.07, 6.45) is 2.11. The van der Waals surface area contributed by atoms with Crippen LogP contribution in [0.15, 0.2) is 35.8 Å². The minimum absolute atomic E-state index is 0.928. The zero-order chi connectivity index (χ0) is 12.5. The number of hydrogen-bond donors (Lipinski definition) is 1. The first-order valence-electron chi connectivity index (χ1n) is 6.06. The summed E-state index contributed by atoms with van der Waals surface area (Å²) in [5.74, 6) is 0. The number of fused-ring (bicyclic) bond motifs is 1. The van der Waals surface area contributed by atoms with E-state index in [0.29, 0.717) is 0 Å². The van der Waals surface area contributed by atoms with Crippen molar-refractivity contribution >= 4 is 22.7 Å². The molecule has 0 atom stereocenters. The zero-order valence-electron chi connectivity index (χ0n) is 10.5. The van der Waals surface area contributed by atoms with E-state index in [-0.39, 0.29) is 0 Å². The first-order valence-corrected chi connectivity index (χ1v) is 6.94. The average molecular weight is 257 g/mol. The van der Waals surface area contributed by atoms with Gasteiger partial charge in [-0.05, 0) is 37.4 Å². The lowest BCUT2D eigenvalue weighted by atomic mass is 10.3. The second kappa shape index (κ2) is 4.46. The first-order chi connectivity index (χ1) is 8.79. The monoisotopic (exact) mass is 257 g/mol. The van der Waals surface area contributed by atoms with Crippen molar-refractivity contribution in [2.75, 3.05) is 11.9 Å². The Morgan fingerprint density at radius 3 is 2.94 bits per heavy atom. The Labute approximate surface area is 110 Å². The predicted molar refractivity (Wildman–Crippen MR) is 77.4 cm³/mol. The number of pyridine rings is 1. The molecule has 0 saturated carbocycles. The van der Waals surface area contributed by atoms with E-state index in [2.05, 4.69) is 59.4 Å². The Bertz CT molecular complexity index is 668. The number of anilines is 1. The van der Waals surface area contributed by atoms with Crippen molar-refractivity contribution in [2.45, 2.75) is 13.8 Å². The lowest BCUT2D eigenvalue weighted by Crippen LogP contribution is -1.98. The molecule has 3 aromatic heterocycles.